The summed E-state index contributed by atoms with van der Waals surface area (Å²) >= 11 is 1.55. The fourth-order valence-electron chi connectivity index (χ4n) is 2.53. The summed E-state index contributed by atoms with van der Waals surface area (Å²) in [5, 5.41) is 19.1. The lowest BCUT2D eigenvalue weighted by Crippen LogP contribution is -2.39. The fourth-order valence-corrected chi connectivity index (χ4v) is 3.31. The van der Waals surface area contributed by atoms with Crippen LogP contribution in [0.1, 0.15) is 30.7 Å². The maximum atomic E-state index is 10.6. The van der Waals surface area contributed by atoms with Crippen LogP contribution in [0.5, 0.6) is 5.75 Å². The molecule has 1 heterocycles. The molecule has 0 aliphatic carbocycles. The molecule has 1 aromatic heterocycles. The van der Waals surface area contributed by atoms with Gasteiger partial charge < -0.3 is 20.5 Å². The Kier molecular flexibility index (Phi) is 10.7. The number of rotatable bonds is 9. The molecule has 0 aliphatic rings. The van der Waals surface area contributed by atoms with Crippen molar-refractivity contribution in [2.45, 2.75) is 32.3 Å². The summed E-state index contributed by atoms with van der Waals surface area (Å²) in [5.41, 5.74) is 0.342. The molecule has 0 radical (unpaired) electrons. The van der Waals surface area contributed by atoms with E-state index in [1.807, 2.05) is 36.6 Å². The maximum absolute atomic E-state index is 10.6. The molecule has 0 saturated carbocycles. The second kappa shape index (κ2) is 12.2. The van der Waals surface area contributed by atoms with E-state index in [-0.39, 0.29) is 24.0 Å². The highest BCUT2D eigenvalue weighted by Gasteiger charge is 2.23. The van der Waals surface area contributed by atoms with E-state index < -0.39 is 5.60 Å². The third-order valence-electron chi connectivity index (χ3n) is 4.04. The van der Waals surface area contributed by atoms with E-state index in [1.54, 1.807) is 25.4 Å². The first-order chi connectivity index (χ1) is 12.5. The van der Waals surface area contributed by atoms with Crippen molar-refractivity contribution in [1.82, 2.24) is 10.6 Å². The highest BCUT2D eigenvalue weighted by molar-refractivity contribution is 14.0. The lowest BCUT2D eigenvalue weighted by atomic mass is 10.1. The van der Waals surface area contributed by atoms with Crippen LogP contribution in [0.25, 0.3) is 0 Å². The summed E-state index contributed by atoms with van der Waals surface area (Å²) in [6.07, 6.45) is 1.99. The van der Waals surface area contributed by atoms with E-state index in [0.29, 0.717) is 6.54 Å². The van der Waals surface area contributed by atoms with Gasteiger partial charge in [-0.25, -0.2) is 4.99 Å². The third kappa shape index (κ3) is 8.06. The predicted molar refractivity (Wildman–Crippen MR) is 125 cm³/mol. The molecule has 1 aromatic carbocycles. The number of aliphatic hydroxyl groups is 1. The van der Waals surface area contributed by atoms with Crippen LogP contribution in [-0.2, 0) is 12.0 Å². The molecule has 0 spiro atoms. The van der Waals surface area contributed by atoms with E-state index >= 15 is 0 Å². The standard InChI is InChI=1S/C20H29N3O2S.HI/c1-4-21-19(23-15-20(2,24)18-8-6-14-26-18)22-13-5-7-16-9-11-17(25-3)12-10-16;/h6,8-12,14,24H,4-5,7,13,15H2,1-3H3,(H2,21,22,23);1H. The number of benzene rings is 1. The van der Waals surface area contributed by atoms with Crippen LogP contribution in [0, 0.1) is 0 Å². The molecule has 1 atom stereocenters. The maximum Gasteiger partial charge on any atom is 0.191 e. The molecule has 150 valence electrons. The van der Waals surface area contributed by atoms with E-state index in [2.05, 4.69) is 27.8 Å². The summed E-state index contributed by atoms with van der Waals surface area (Å²) in [6.45, 7) is 5.76. The summed E-state index contributed by atoms with van der Waals surface area (Å²) in [6, 6.07) is 12.0. The number of hydrogen-bond donors (Lipinski definition) is 3. The smallest absolute Gasteiger partial charge is 0.191 e. The number of guanidine groups is 1. The van der Waals surface area contributed by atoms with Crippen LogP contribution in [0.4, 0.5) is 0 Å². The van der Waals surface area contributed by atoms with E-state index in [9.17, 15) is 5.11 Å². The van der Waals surface area contributed by atoms with Crippen molar-refractivity contribution in [3.05, 3.63) is 52.2 Å². The second-order valence-corrected chi connectivity index (χ2v) is 7.27. The zero-order valence-corrected chi connectivity index (χ0v) is 19.3. The number of aliphatic imine (C=N–C) groups is 1. The quantitative estimate of drug-likeness (QED) is 0.211. The number of methoxy groups -OCH3 is 1. The molecule has 27 heavy (non-hydrogen) atoms. The molecule has 3 N–H and O–H groups in total. The van der Waals surface area contributed by atoms with Gasteiger partial charge in [-0.15, -0.1) is 35.3 Å². The Labute approximate surface area is 183 Å². The van der Waals surface area contributed by atoms with Gasteiger partial charge in [-0.05, 0) is 55.8 Å². The van der Waals surface area contributed by atoms with E-state index in [4.69, 9.17) is 4.74 Å². The third-order valence-corrected chi connectivity index (χ3v) is 5.16. The van der Waals surface area contributed by atoms with Gasteiger partial charge in [-0.1, -0.05) is 18.2 Å². The van der Waals surface area contributed by atoms with Crippen LogP contribution in [0.15, 0.2) is 46.8 Å². The molecule has 5 nitrogen and oxygen atoms in total. The number of hydrogen-bond acceptors (Lipinski definition) is 4. The Bertz CT molecular complexity index is 673. The monoisotopic (exact) mass is 503 g/mol. The Balaban J connectivity index is 0.00000364. The summed E-state index contributed by atoms with van der Waals surface area (Å²) in [5.74, 6) is 1.62. The first-order valence-corrected chi connectivity index (χ1v) is 9.84. The minimum Gasteiger partial charge on any atom is -0.497 e. The van der Waals surface area contributed by atoms with Gasteiger partial charge in [0, 0.05) is 18.0 Å². The number of ether oxygens (including phenoxy) is 1. The van der Waals surface area contributed by atoms with E-state index in [1.165, 1.54) is 5.56 Å². The first-order valence-electron chi connectivity index (χ1n) is 8.96. The zero-order chi connectivity index (χ0) is 18.8. The van der Waals surface area contributed by atoms with Crippen LogP contribution >= 0.6 is 35.3 Å². The number of halogens is 1. The van der Waals surface area contributed by atoms with Gasteiger partial charge in [0.1, 0.15) is 11.4 Å². The average molecular weight is 503 g/mol. The number of thiophene rings is 1. The van der Waals surface area contributed by atoms with Gasteiger partial charge in [0.25, 0.3) is 0 Å². The van der Waals surface area contributed by atoms with Crippen LogP contribution in [0.2, 0.25) is 0 Å². The highest BCUT2D eigenvalue weighted by atomic mass is 127. The van der Waals surface area contributed by atoms with Crippen molar-refractivity contribution >= 4 is 41.3 Å². The lowest BCUT2D eigenvalue weighted by molar-refractivity contribution is 0.0711. The topological polar surface area (TPSA) is 65.9 Å². The predicted octanol–water partition coefficient (Wildman–Crippen LogP) is 3.77. The van der Waals surface area contributed by atoms with Gasteiger partial charge in [0.2, 0.25) is 0 Å². The Morgan fingerprint density at radius 1 is 1.22 bits per heavy atom. The zero-order valence-electron chi connectivity index (χ0n) is 16.2. The Morgan fingerprint density at radius 2 is 1.96 bits per heavy atom. The molecule has 0 bridgehead atoms. The van der Waals surface area contributed by atoms with Crippen LogP contribution in [-0.4, -0.2) is 37.8 Å². The summed E-state index contributed by atoms with van der Waals surface area (Å²) < 4.78 is 5.18. The van der Waals surface area contributed by atoms with Gasteiger partial charge in [-0.2, -0.15) is 0 Å². The minimum atomic E-state index is -0.945. The first kappa shape index (κ1) is 23.7. The van der Waals surface area contributed by atoms with Gasteiger partial charge in [-0.3, -0.25) is 0 Å². The molecule has 2 rings (SSSR count). The fraction of sp³-hybridized carbons (Fsp3) is 0.450. The molecule has 2 aromatic rings. The molecule has 1 unspecified atom stereocenters. The summed E-state index contributed by atoms with van der Waals surface area (Å²) in [4.78, 5) is 5.47. The van der Waals surface area contributed by atoms with Crippen molar-refractivity contribution in [3.8, 4) is 5.75 Å². The van der Waals surface area contributed by atoms with Crippen LogP contribution < -0.4 is 15.4 Å². The molecule has 7 heteroatoms. The normalized spacial score (nSPS) is 13.4. The molecule has 0 saturated heterocycles. The van der Waals surface area contributed by atoms with E-state index in [0.717, 1.165) is 42.5 Å². The number of aryl methyl sites for hydroxylation is 1. The average Bonchev–Trinajstić information content (AvgIpc) is 3.19. The highest BCUT2D eigenvalue weighted by Crippen LogP contribution is 2.25. The molecule has 0 amide bonds. The van der Waals surface area contributed by atoms with Crippen molar-refractivity contribution in [2.24, 2.45) is 4.99 Å². The molecule has 0 fully saturated rings. The van der Waals surface area contributed by atoms with Gasteiger partial charge in [0.05, 0.1) is 13.7 Å². The Morgan fingerprint density at radius 3 is 2.56 bits per heavy atom. The SMILES string of the molecule is CCNC(=NCC(C)(O)c1cccs1)NCCCc1ccc(OC)cc1.I. The second-order valence-electron chi connectivity index (χ2n) is 6.32. The number of nitrogens with one attached hydrogen (secondary N) is 2. The van der Waals surface area contributed by atoms with Gasteiger partial charge >= 0.3 is 0 Å². The Hall–Kier alpha value is -1.32. The van der Waals surface area contributed by atoms with Crippen LogP contribution in [0.3, 0.4) is 0 Å². The number of nitrogens with zero attached hydrogens (tertiary/aromatic N) is 1. The largest absolute Gasteiger partial charge is 0.497 e. The molecular formula is C20H30IN3O2S. The van der Waals surface area contributed by atoms with Gasteiger partial charge in [0.15, 0.2) is 5.96 Å². The summed E-state index contributed by atoms with van der Waals surface area (Å²) in [7, 11) is 1.68. The van der Waals surface area contributed by atoms with Crippen molar-refractivity contribution in [3.63, 3.8) is 0 Å². The van der Waals surface area contributed by atoms with Crippen molar-refractivity contribution in [1.29, 1.82) is 0 Å². The minimum absolute atomic E-state index is 0. The van der Waals surface area contributed by atoms with Crippen molar-refractivity contribution in [2.75, 3.05) is 26.7 Å². The molecule has 0 aliphatic heterocycles. The van der Waals surface area contributed by atoms with Crippen molar-refractivity contribution < 1.29 is 9.84 Å². The molecular weight excluding hydrogens is 473 g/mol. The lowest BCUT2D eigenvalue weighted by Gasteiger charge is -2.20.